The maximum Gasteiger partial charge on any atom is 0.0581 e. The Bertz CT molecular complexity index is 221. The van der Waals surface area contributed by atoms with Crippen LogP contribution in [-0.2, 0) is 4.74 Å². The van der Waals surface area contributed by atoms with Crippen molar-refractivity contribution >= 4 is 0 Å². The SMILES string of the molecule is COC1CC(C)(C)CCC(CO)C(C)(C)C1. The summed E-state index contributed by atoms with van der Waals surface area (Å²) < 4.78 is 5.61. The van der Waals surface area contributed by atoms with Crippen LogP contribution in [0.15, 0.2) is 0 Å². The predicted molar refractivity (Wildman–Crippen MR) is 67.4 cm³/mol. The molecular formula is C14H28O2. The topological polar surface area (TPSA) is 29.5 Å². The Morgan fingerprint density at radius 3 is 2.31 bits per heavy atom. The molecule has 0 radical (unpaired) electrons. The molecule has 1 saturated carbocycles. The molecule has 2 atom stereocenters. The summed E-state index contributed by atoms with van der Waals surface area (Å²) in [5.74, 6) is 0.407. The van der Waals surface area contributed by atoms with E-state index in [1.165, 1.54) is 6.42 Å². The maximum absolute atomic E-state index is 9.53. The van der Waals surface area contributed by atoms with Gasteiger partial charge in [-0.05, 0) is 42.4 Å². The van der Waals surface area contributed by atoms with Crippen LogP contribution < -0.4 is 0 Å². The van der Waals surface area contributed by atoms with Gasteiger partial charge in [-0.2, -0.15) is 0 Å². The van der Waals surface area contributed by atoms with Crippen molar-refractivity contribution in [2.24, 2.45) is 16.7 Å². The van der Waals surface area contributed by atoms with E-state index in [0.29, 0.717) is 24.0 Å². The third-order valence-corrected chi connectivity index (χ3v) is 4.36. The summed E-state index contributed by atoms with van der Waals surface area (Å²) in [6.45, 7) is 9.45. The Morgan fingerprint density at radius 1 is 1.19 bits per heavy atom. The van der Waals surface area contributed by atoms with Crippen molar-refractivity contribution in [2.75, 3.05) is 13.7 Å². The molecule has 1 rings (SSSR count). The molecule has 96 valence electrons. The zero-order valence-electron chi connectivity index (χ0n) is 11.5. The van der Waals surface area contributed by atoms with E-state index in [9.17, 15) is 5.11 Å². The highest BCUT2D eigenvalue weighted by molar-refractivity contribution is 4.88. The van der Waals surface area contributed by atoms with Crippen molar-refractivity contribution in [2.45, 2.75) is 59.5 Å². The summed E-state index contributed by atoms with van der Waals surface area (Å²) in [7, 11) is 1.81. The lowest BCUT2D eigenvalue weighted by Crippen LogP contribution is -2.37. The quantitative estimate of drug-likeness (QED) is 0.786. The molecule has 0 aliphatic heterocycles. The Labute approximate surface area is 100 Å². The molecule has 0 aromatic heterocycles. The van der Waals surface area contributed by atoms with E-state index in [4.69, 9.17) is 4.74 Å². The summed E-state index contributed by atoms with van der Waals surface area (Å²) in [5, 5.41) is 9.53. The molecule has 0 heterocycles. The van der Waals surface area contributed by atoms with Gasteiger partial charge >= 0.3 is 0 Å². The Morgan fingerprint density at radius 2 is 1.81 bits per heavy atom. The molecule has 2 nitrogen and oxygen atoms in total. The van der Waals surface area contributed by atoms with Crippen molar-refractivity contribution in [3.8, 4) is 0 Å². The molecular weight excluding hydrogens is 200 g/mol. The smallest absolute Gasteiger partial charge is 0.0581 e. The highest BCUT2D eigenvalue weighted by Gasteiger charge is 2.37. The van der Waals surface area contributed by atoms with Crippen molar-refractivity contribution in [1.82, 2.24) is 0 Å². The first kappa shape index (κ1) is 14.0. The highest BCUT2D eigenvalue weighted by atomic mass is 16.5. The standard InChI is InChI=1S/C14H28O2/c1-13(2)7-6-11(10-15)14(3,4)9-12(8-13)16-5/h11-12,15H,6-10H2,1-5H3. The van der Waals surface area contributed by atoms with Crippen LogP contribution in [-0.4, -0.2) is 24.9 Å². The molecule has 0 saturated heterocycles. The van der Waals surface area contributed by atoms with Gasteiger partial charge in [-0.15, -0.1) is 0 Å². The lowest BCUT2D eigenvalue weighted by atomic mass is 9.66. The molecule has 1 aliphatic rings. The number of aliphatic hydroxyl groups excluding tert-OH is 1. The summed E-state index contributed by atoms with van der Waals surface area (Å²) in [5.41, 5.74) is 0.524. The van der Waals surface area contributed by atoms with Gasteiger partial charge in [0.05, 0.1) is 6.10 Å². The largest absolute Gasteiger partial charge is 0.396 e. The molecule has 0 aromatic rings. The van der Waals surface area contributed by atoms with E-state index in [-0.39, 0.29) is 5.41 Å². The molecule has 1 N–H and O–H groups in total. The second kappa shape index (κ2) is 5.05. The number of ether oxygens (including phenoxy) is 1. The number of aliphatic hydroxyl groups is 1. The van der Waals surface area contributed by atoms with Crippen LogP contribution in [0.25, 0.3) is 0 Å². The van der Waals surface area contributed by atoms with Crippen LogP contribution in [0, 0.1) is 16.7 Å². The summed E-state index contributed by atoms with van der Waals surface area (Å²) >= 11 is 0. The molecule has 0 spiro atoms. The molecule has 0 amide bonds. The number of rotatable bonds is 2. The Kier molecular flexibility index (Phi) is 4.42. The van der Waals surface area contributed by atoms with Gasteiger partial charge in [0, 0.05) is 13.7 Å². The van der Waals surface area contributed by atoms with Gasteiger partial charge in [-0.3, -0.25) is 0 Å². The van der Waals surface area contributed by atoms with Gasteiger partial charge in [0.15, 0.2) is 0 Å². The fraction of sp³-hybridized carbons (Fsp3) is 1.00. The van der Waals surface area contributed by atoms with Crippen LogP contribution in [0.2, 0.25) is 0 Å². The minimum absolute atomic E-state index is 0.186. The van der Waals surface area contributed by atoms with E-state index < -0.39 is 0 Å². The van der Waals surface area contributed by atoms with Crippen LogP contribution in [0.5, 0.6) is 0 Å². The second-order valence-electron chi connectivity index (χ2n) is 6.84. The summed E-state index contributed by atoms with van der Waals surface area (Å²) in [6.07, 6.45) is 4.83. The number of hydrogen-bond donors (Lipinski definition) is 1. The monoisotopic (exact) mass is 228 g/mol. The first-order valence-electron chi connectivity index (χ1n) is 6.44. The fourth-order valence-electron chi connectivity index (χ4n) is 3.00. The first-order chi connectivity index (χ1) is 7.30. The van der Waals surface area contributed by atoms with Gasteiger partial charge in [0.1, 0.15) is 0 Å². The molecule has 16 heavy (non-hydrogen) atoms. The minimum Gasteiger partial charge on any atom is -0.396 e. The minimum atomic E-state index is 0.186. The number of hydrogen-bond acceptors (Lipinski definition) is 2. The zero-order chi connectivity index (χ0) is 12.4. The molecule has 2 heteroatoms. The molecule has 2 unspecified atom stereocenters. The van der Waals surface area contributed by atoms with Crippen molar-refractivity contribution < 1.29 is 9.84 Å². The Balaban J connectivity index is 2.81. The van der Waals surface area contributed by atoms with E-state index in [0.717, 1.165) is 19.3 Å². The lowest BCUT2D eigenvalue weighted by molar-refractivity contribution is -0.0220. The molecule has 0 bridgehead atoms. The number of methoxy groups -OCH3 is 1. The average molecular weight is 228 g/mol. The van der Waals surface area contributed by atoms with Crippen molar-refractivity contribution in [3.63, 3.8) is 0 Å². The Hall–Kier alpha value is -0.0800. The predicted octanol–water partition coefficient (Wildman–Crippen LogP) is 3.24. The van der Waals surface area contributed by atoms with Crippen LogP contribution >= 0.6 is 0 Å². The average Bonchev–Trinajstić information content (AvgIpc) is 2.14. The first-order valence-corrected chi connectivity index (χ1v) is 6.44. The van der Waals surface area contributed by atoms with E-state index in [2.05, 4.69) is 27.7 Å². The highest BCUT2D eigenvalue weighted by Crippen LogP contribution is 2.43. The van der Waals surface area contributed by atoms with Crippen molar-refractivity contribution in [1.29, 1.82) is 0 Å². The van der Waals surface area contributed by atoms with Crippen molar-refractivity contribution in [3.05, 3.63) is 0 Å². The van der Waals surface area contributed by atoms with Gasteiger partial charge in [0.2, 0.25) is 0 Å². The van der Waals surface area contributed by atoms with Gasteiger partial charge in [-0.1, -0.05) is 27.7 Å². The van der Waals surface area contributed by atoms with Crippen LogP contribution in [0.3, 0.4) is 0 Å². The second-order valence-corrected chi connectivity index (χ2v) is 6.84. The van der Waals surface area contributed by atoms with Gasteiger partial charge < -0.3 is 9.84 Å². The summed E-state index contributed by atoms with van der Waals surface area (Å²) in [4.78, 5) is 0. The maximum atomic E-state index is 9.53. The zero-order valence-corrected chi connectivity index (χ0v) is 11.5. The summed E-state index contributed by atoms with van der Waals surface area (Å²) in [6, 6.07) is 0. The third kappa shape index (κ3) is 3.46. The third-order valence-electron chi connectivity index (χ3n) is 4.36. The lowest BCUT2D eigenvalue weighted by Gasteiger charge is -2.42. The molecule has 1 fully saturated rings. The molecule has 1 aliphatic carbocycles. The van der Waals surface area contributed by atoms with Gasteiger partial charge in [0.25, 0.3) is 0 Å². The van der Waals surface area contributed by atoms with Crippen LogP contribution in [0.4, 0.5) is 0 Å². The van der Waals surface area contributed by atoms with Gasteiger partial charge in [-0.25, -0.2) is 0 Å². The fourth-order valence-corrected chi connectivity index (χ4v) is 3.00. The van der Waals surface area contributed by atoms with Crippen LogP contribution in [0.1, 0.15) is 53.4 Å². The van der Waals surface area contributed by atoms with E-state index in [1.807, 2.05) is 7.11 Å². The van der Waals surface area contributed by atoms with E-state index in [1.54, 1.807) is 0 Å². The normalized spacial score (nSPS) is 34.1. The van der Waals surface area contributed by atoms with E-state index >= 15 is 0 Å². The molecule has 0 aromatic carbocycles.